The summed E-state index contributed by atoms with van der Waals surface area (Å²) < 4.78 is 8.07. The van der Waals surface area contributed by atoms with Crippen LogP contribution >= 0.6 is 11.6 Å². The molecule has 1 saturated carbocycles. The van der Waals surface area contributed by atoms with Gasteiger partial charge in [0.15, 0.2) is 0 Å². The van der Waals surface area contributed by atoms with Crippen LogP contribution in [-0.2, 0) is 11.3 Å². The second-order valence-corrected chi connectivity index (χ2v) is 11.7. The minimum absolute atomic E-state index is 0.0985. The number of hydrogen-bond acceptors (Lipinski definition) is 4. The standard InChI is InChI=1S/C32H41ClN4O2.C2H6/c1-23-35-15-19-36(23)16-13-26-20-27-21-28(33)9-10-30(27)31(22-25(26)6-5-14-34)24-11-17-37(18-12-24)32(38)39-29-7-3-2-4-8-29;1-2/h5-6,9-10,14-15,19-21,24,29,31H,2-4,7-8,11-13,16-18,22,34H2,1H3;1-2H3/b14-5-,25-6+;. The summed E-state index contributed by atoms with van der Waals surface area (Å²) in [4.78, 5) is 19.2. The molecule has 1 saturated heterocycles. The number of likely N-dealkylation sites (tertiary alicyclic amines) is 1. The molecule has 2 aromatic rings. The number of rotatable bonds is 6. The van der Waals surface area contributed by atoms with Gasteiger partial charge in [-0.05, 0) is 117 Å². The van der Waals surface area contributed by atoms with Gasteiger partial charge in [0.25, 0.3) is 0 Å². The molecule has 2 N–H and O–H groups in total. The van der Waals surface area contributed by atoms with Crippen molar-refractivity contribution in [3.63, 3.8) is 0 Å². The first-order valence-electron chi connectivity index (χ1n) is 15.5. The normalized spacial score (nSPS) is 21.2. The Kier molecular flexibility index (Phi) is 11.6. The maximum absolute atomic E-state index is 12.9. The van der Waals surface area contributed by atoms with Crippen molar-refractivity contribution in [3.05, 3.63) is 82.1 Å². The highest BCUT2D eigenvalue weighted by Gasteiger charge is 2.34. The number of hydrogen-bond donors (Lipinski definition) is 1. The first-order valence-corrected chi connectivity index (χ1v) is 15.9. The van der Waals surface area contributed by atoms with E-state index in [0.717, 1.165) is 81.8 Å². The topological polar surface area (TPSA) is 73.4 Å². The molecule has 6 nitrogen and oxygen atoms in total. The third-order valence-corrected chi connectivity index (χ3v) is 9.01. The van der Waals surface area contributed by atoms with E-state index in [9.17, 15) is 4.79 Å². The molecule has 0 spiro atoms. The molecule has 222 valence electrons. The summed E-state index contributed by atoms with van der Waals surface area (Å²) in [5.41, 5.74) is 10.9. The van der Waals surface area contributed by atoms with E-state index in [0.29, 0.717) is 11.8 Å². The first kappa shape index (κ1) is 31.0. The zero-order chi connectivity index (χ0) is 29.2. The van der Waals surface area contributed by atoms with Gasteiger partial charge in [-0.25, -0.2) is 9.78 Å². The molecule has 1 aliphatic heterocycles. The number of nitrogens with two attached hydrogens (primary N) is 1. The Morgan fingerprint density at radius 1 is 1.15 bits per heavy atom. The first-order chi connectivity index (χ1) is 20.0. The van der Waals surface area contributed by atoms with Crippen LogP contribution in [0.15, 0.2) is 60.1 Å². The maximum Gasteiger partial charge on any atom is 0.410 e. The van der Waals surface area contributed by atoms with E-state index < -0.39 is 0 Å². The molecule has 7 heteroatoms. The summed E-state index contributed by atoms with van der Waals surface area (Å²) in [6.45, 7) is 8.40. The minimum atomic E-state index is -0.124. The molecule has 2 fully saturated rings. The second-order valence-electron chi connectivity index (χ2n) is 11.2. The molecule has 1 unspecified atom stereocenters. The number of ether oxygens (including phenoxy) is 1. The van der Waals surface area contributed by atoms with E-state index >= 15 is 0 Å². The highest BCUT2D eigenvalue weighted by molar-refractivity contribution is 6.30. The number of allylic oxidation sites excluding steroid dienone is 4. The van der Waals surface area contributed by atoms with Gasteiger partial charge in [0.2, 0.25) is 0 Å². The number of aryl methyl sites for hydroxylation is 2. The van der Waals surface area contributed by atoms with Crippen molar-refractivity contribution >= 4 is 23.8 Å². The Hall–Kier alpha value is -2.99. The number of benzene rings is 1. The van der Waals surface area contributed by atoms with Gasteiger partial charge in [-0.3, -0.25) is 0 Å². The summed E-state index contributed by atoms with van der Waals surface area (Å²) in [7, 11) is 0. The molecule has 2 heterocycles. The van der Waals surface area contributed by atoms with Crippen molar-refractivity contribution in [2.75, 3.05) is 13.1 Å². The molecule has 5 rings (SSSR count). The molecule has 2 aliphatic carbocycles. The van der Waals surface area contributed by atoms with Crippen LogP contribution in [0.1, 0.15) is 94.5 Å². The molecule has 3 aliphatic rings. The van der Waals surface area contributed by atoms with Gasteiger partial charge < -0.3 is 19.9 Å². The average molecular weight is 579 g/mol. The third kappa shape index (κ3) is 8.06. The van der Waals surface area contributed by atoms with Gasteiger partial charge in [0.05, 0.1) is 0 Å². The number of imidazole rings is 1. The Morgan fingerprint density at radius 2 is 1.90 bits per heavy atom. The Balaban J connectivity index is 0.00000189. The van der Waals surface area contributed by atoms with Crippen molar-refractivity contribution in [1.29, 1.82) is 0 Å². The van der Waals surface area contributed by atoms with Crippen molar-refractivity contribution in [1.82, 2.24) is 14.5 Å². The Bertz CT molecular complexity index is 1230. The fraction of sp³-hybridized carbons (Fsp3) is 0.529. The monoisotopic (exact) mass is 578 g/mol. The number of halogens is 1. The smallest absolute Gasteiger partial charge is 0.410 e. The number of fused-ring (bicyclic) bond motifs is 1. The van der Waals surface area contributed by atoms with Crippen molar-refractivity contribution < 1.29 is 9.53 Å². The quantitative estimate of drug-likeness (QED) is 0.373. The van der Waals surface area contributed by atoms with E-state index in [-0.39, 0.29) is 12.2 Å². The van der Waals surface area contributed by atoms with Crippen LogP contribution in [0.2, 0.25) is 5.02 Å². The zero-order valence-electron chi connectivity index (χ0n) is 25.0. The van der Waals surface area contributed by atoms with E-state index in [2.05, 4.69) is 33.8 Å². The number of piperidine rings is 1. The second kappa shape index (κ2) is 15.3. The molecule has 1 aromatic heterocycles. The van der Waals surface area contributed by atoms with Crippen LogP contribution in [0.3, 0.4) is 0 Å². The van der Waals surface area contributed by atoms with Crippen LogP contribution < -0.4 is 5.73 Å². The van der Waals surface area contributed by atoms with Gasteiger partial charge in [-0.15, -0.1) is 0 Å². The average Bonchev–Trinajstić information content (AvgIpc) is 3.35. The molecule has 41 heavy (non-hydrogen) atoms. The lowest BCUT2D eigenvalue weighted by molar-refractivity contribution is 0.0366. The molecule has 1 atom stereocenters. The van der Waals surface area contributed by atoms with Crippen LogP contribution in [-0.4, -0.2) is 39.7 Å². The van der Waals surface area contributed by atoms with E-state index in [1.807, 2.05) is 50.2 Å². The van der Waals surface area contributed by atoms with Gasteiger partial charge in [0.1, 0.15) is 11.9 Å². The van der Waals surface area contributed by atoms with Crippen LogP contribution in [0.5, 0.6) is 0 Å². The van der Waals surface area contributed by atoms with Crippen molar-refractivity contribution in [3.8, 4) is 0 Å². The Morgan fingerprint density at radius 3 is 2.59 bits per heavy atom. The van der Waals surface area contributed by atoms with E-state index in [1.54, 1.807) is 6.20 Å². The minimum Gasteiger partial charge on any atom is -0.446 e. The van der Waals surface area contributed by atoms with Gasteiger partial charge >= 0.3 is 6.09 Å². The predicted octanol–water partition coefficient (Wildman–Crippen LogP) is 8.41. The van der Waals surface area contributed by atoms with Crippen LogP contribution in [0.4, 0.5) is 4.79 Å². The molecular formula is C34H47ClN4O2. The fourth-order valence-corrected chi connectivity index (χ4v) is 6.71. The summed E-state index contributed by atoms with van der Waals surface area (Å²) in [5.74, 6) is 1.83. The lowest BCUT2D eigenvalue weighted by Gasteiger charge is -2.37. The lowest BCUT2D eigenvalue weighted by atomic mass is 9.76. The van der Waals surface area contributed by atoms with Crippen LogP contribution in [0, 0.1) is 12.8 Å². The van der Waals surface area contributed by atoms with Crippen LogP contribution in [0.25, 0.3) is 6.08 Å². The number of aromatic nitrogens is 2. The molecule has 0 radical (unpaired) electrons. The maximum atomic E-state index is 12.9. The number of carbonyl (C=O) groups excluding carboxylic acids is 1. The fourth-order valence-electron chi connectivity index (χ4n) is 6.53. The SMILES string of the molecule is CC.Cc1nccn1CCC1=Cc2cc(Cl)ccc2C(C2CCN(C(=O)OC3CCCCC3)CC2)C/C1=C\C=C/N. The van der Waals surface area contributed by atoms with Gasteiger partial charge in [-0.2, -0.15) is 0 Å². The van der Waals surface area contributed by atoms with Gasteiger partial charge in [-0.1, -0.05) is 50.1 Å². The molecular weight excluding hydrogens is 532 g/mol. The van der Waals surface area contributed by atoms with Crippen molar-refractivity contribution in [2.24, 2.45) is 11.7 Å². The zero-order valence-corrected chi connectivity index (χ0v) is 25.8. The molecule has 0 bridgehead atoms. The number of amides is 1. The molecule has 1 aromatic carbocycles. The van der Waals surface area contributed by atoms with Crippen molar-refractivity contribution in [2.45, 2.75) is 97.1 Å². The summed E-state index contributed by atoms with van der Waals surface area (Å²) in [6, 6.07) is 6.33. The third-order valence-electron chi connectivity index (χ3n) is 8.77. The number of carbonyl (C=O) groups is 1. The van der Waals surface area contributed by atoms with E-state index in [4.69, 9.17) is 22.1 Å². The summed E-state index contributed by atoms with van der Waals surface area (Å²) in [5, 5.41) is 0.753. The predicted molar refractivity (Wildman–Crippen MR) is 169 cm³/mol. The Labute approximate surface area is 251 Å². The lowest BCUT2D eigenvalue weighted by Crippen LogP contribution is -2.41. The highest BCUT2D eigenvalue weighted by Crippen LogP contribution is 2.44. The highest BCUT2D eigenvalue weighted by atomic mass is 35.5. The summed E-state index contributed by atoms with van der Waals surface area (Å²) in [6.07, 6.45) is 21.3. The molecule has 1 amide bonds. The van der Waals surface area contributed by atoms with Gasteiger partial charge in [0, 0.05) is 37.1 Å². The summed E-state index contributed by atoms with van der Waals surface area (Å²) >= 11 is 6.50. The number of nitrogens with zero attached hydrogens (tertiary/aromatic N) is 3. The largest absolute Gasteiger partial charge is 0.446 e. The van der Waals surface area contributed by atoms with E-state index in [1.165, 1.54) is 28.7 Å².